The van der Waals surface area contributed by atoms with E-state index in [1.165, 1.54) is 12.8 Å². The topological polar surface area (TPSA) is 21.3 Å². The van der Waals surface area contributed by atoms with Gasteiger partial charge < -0.3 is 10.1 Å². The molecule has 0 saturated heterocycles. The molecule has 1 aliphatic rings. The Balaban J connectivity index is 1.86. The molecule has 0 aromatic heterocycles. The van der Waals surface area contributed by atoms with Gasteiger partial charge in [0.05, 0.1) is 7.11 Å². The van der Waals surface area contributed by atoms with E-state index < -0.39 is 0 Å². The average Bonchev–Trinajstić information content (AvgIpc) is 3.13. The predicted octanol–water partition coefficient (Wildman–Crippen LogP) is 3.56. The molecule has 2 nitrogen and oxygen atoms in total. The van der Waals surface area contributed by atoms with Crippen molar-refractivity contribution < 1.29 is 4.74 Å². The second-order valence-corrected chi connectivity index (χ2v) is 5.92. The number of hydrogen-bond donors (Lipinski definition) is 1. The second-order valence-electron chi connectivity index (χ2n) is 4.44. The van der Waals surface area contributed by atoms with Crippen LogP contribution in [0.5, 0.6) is 5.75 Å². The van der Waals surface area contributed by atoms with Crippen molar-refractivity contribution in [1.29, 1.82) is 0 Å². The minimum atomic E-state index is 0.271. The Morgan fingerprint density at radius 3 is 2.94 bits per heavy atom. The first-order chi connectivity index (χ1) is 8.20. The third-order valence-electron chi connectivity index (χ3n) is 3.03. The van der Waals surface area contributed by atoms with E-state index >= 15 is 0 Å². The Morgan fingerprint density at radius 1 is 1.53 bits per heavy atom. The van der Waals surface area contributed by atoms with Gasteiger partial charge in [-0.05, 0) is 37.0 Å². The standard InChI is InChI=1S/C13H17BrClNO/c1-17-13-5-4-11(14)6-10(13)7-16-8-12(15)9-2-3-9/h4-6,9,12,16H,2-3,7-8H2,1H3. The van der Waals surface area contributed by atoms with E-state index in [2.05, 4.69) is 27.3 Å². The van der Waals surface area contributed by atoms with Gasteiger partial charge in [-0.25, -0.2) is 0 Å². The highest BCUT2D eigenvalue weighted by atomic mass is 79.9. The number of benzene rings is 1. The van der Waals surface area contributed by atoms with Crippen LogP contribution in [0.15, 0.2) is 22.7 Å². The van der Waals surface area contributed by atoms with E-state index in [1.54, 1.807) is 7.11 Å². The lowest BCUT2D eigenvalue weighted by atomic mass is 10.2. The summed E-state index contributed by atoms with van der Waals surface area (Å²) in [6.45, 7) is 1.65. The van der Waals surface area contributed by atoms with Gasteiger partial charge in [0.25, 0.3) is 0 Å². The number of rotatable bonds is 6. The van der Waals surface area contributed by atoms with Gasteiger partial charge >= 0.3 is 0 Å². The van der Waals surface area contributed by atoms with Gasteiger partial charge in [-0.3, -0.25) is 0 Å². The molecule has 0 amide bonds. The third-order valence-corrected chi connectivity index (χ3v) is 4.03. The predicted molar refractivity (Wildman–Crippen MR) is 74.8 cm³/mol. The van der Waals surface area contributed by atoms with Crippen LogP contribution in [-0.4, -0.2) is 19.0 Å². The number of halogens is 2. The summed E-state index contributed by atoms with van der Waals surface area (Å²) < 4.78 is 6.39. The Hall–Kier alpha value is -0.250. The third kappa shape index (κ3) is 3.87. The van der Waals surface area contributed by atoms with Gasteiger partial charge in [0.1, 0.15) is 5.75 Å². The normalized spacial score (nSPS) is 16.9. The van der Waals surface area contributed by atoms with Crippen LogP contribution in [0.3, 0.4) is 0 Å². The van der Waals surface area contributed by atoms with Crippen molar-refractivity contribution in [3.05, 3.63) is 28.2 Å². The van der Waals surface area contributed by atoms with E-state index in [0.29, 0.717) is 0 Å². The molecule has 0 heterocycles. The van der Waals surface area contributed by atoms with E-state index in [9.17, 15) is 0 Å². The Bertz CT molecular complexity index is 382. The van der Waals surface area contributed by atoms with E-state index in [4.69, 9.17) is 16.3 Å². The molecule has 1 aliphatic carbocycles. The summed E-state index contributed by atoms with van der Waals surface area (Å²) >= 11 is 9.72. The maximum Gasteiger partial charge on any atom is 0.123 e. The molecule has 0 aliphatic heterocycles. The first-order valence-corrected chi connectivity index (χ1v) is 7.11. The molecule has 94 valence electrons. The van der Waals surface area contributed by atoms with Crippen molar-refractivity contribution in [1.82, 2.24) is 5.32 Å². The van der Waals surface area contributed by atoms with Gasteiger partial charge in [-0.2, -0.15) is 0 Å². The lowest BCUT2D eigenvalue weighted by Crippen LogP contribution is -2.24. The summed E-state index contributed by atoms with van der Waals surface area (Å²) in [5, 5.41) is 3.66. The van der Waals surface area contributed by atoms with Crippen LogP contribution in [0, 0.1) is 5.92 Å². The number of alkyl halides is 1. The summed E-state index contributed by atoms with van der Waals surface area (Å²) in [6, 6.07) is 6.03. The fourth-order valence-corrected chi connectivity index (χ4v) is 2.62. The number of nitrogens with one attached hydrogen (secondary N) is 1. The lowest BCUT2D eigenvalue weighted by Gasteiger charge is -2.12. The summed E-state index contributed by atoms with van der Waals surface area (Å²) in [6.07, 6.45) is 2.58. The smallest absolute Gasteiger partial charge is 0.123 e. The van der Waals surface area contributed by atoms with Crippen molar-refractivity contribution in [3.8, 4) is 5.75 Å². The molecule has 17 heavy (non-hydrogen) atoms. The lowest BCUT2D eigenvalue weighted by molar-refractivity contribution is 0.407. The van der Waals surface area contributed by atoms with E-state index in [0.717, 1.165) is 34.8 Å². The Kier molecular flexibility index (Phi) is 4.71. The van der Waals surface area contributed by atoms with Gasteiger partial charge in [-0.15, -0.1) is 11.6 Å². The number of ether oxygens (including phenoxy) is 1. The minimum absolute atomic E-state index is 0.271. The molecular weight excluding hydrogens is 302 g/mol. The molecule has 1 aromatic rings. The monoisotopic (exact) mass is 317 g/mol. The van der Waals surface area contributed by atoms with E-state index in [1.807, 2.05) is 12.1 Å². The summed E-state index contributed by atoms with van der Waals surface area (Å²) in [4.78, 5) is 0. The largest absolute Gasteiger partial charge is 0.496 e. The van der Waals surface area contributed by atoms with Crippen LogP contribution in [0.1, 0.15) is 18.4 Å². The highest BCUT2D eigenvalue weighted by Gasteiger charge is 2.29. The maximum atomic E-state index is 6.25. The zero-order valence-electron chi connectivity index (χ0n) is 9.88. The molecule has 2 rings (SSSR count). The minimum Gasteiger partial charge on any atom is -0.496 e. The quantitative estimate of drug-likeness (QED) is 0.810. The SMILES string of the molecule is COc1ccc(Br)cc1CNCC(Cl)C1CC1. The first kappa shape index (κ1) is 13.2. The molecular formula is C13H17BrClNO. The van der Waals surface area contributed by atoms with Crippen molar-refractivity contribution in [2.24, 2.45) is 5.92 Å². The van der Waals surface area contributed by atoms with Crippen LogP contribution in [0.25, 0.3) is 0 Å². The second kappa shape index (κ2) is 6.07. The van der Waals surface area contributed by atoms with Crippen molar-refractivity contribution in [2.45, 2.75) is 24.8 Å². The number of hydrogen-bond acceptors (Lipinski definition) is 2. The molecule has 1 saturated carbocycles. The van der Waals surface area contributed by atoms with Gasteiger partial charge in [0.15, 0.2) is 0 Å². The average molecular weight is 319 g/mol. The molecule has 1 aromatic carbocycles. The van der Waals surface area contributed by atoms with Gasteiger partial charge in [0, 0.05) is 28.5 Å². The highest BCUT2D eigenvalue weighted by Crippen LogP contribution is 2.35. The zero-order chi connectivity index (χ0) is 12.3. The summed E-state index contributed by atoms with van der Waals surface area (Å²) in [5.41, 5.74) is 1.15. The summed E-state index contributed by atoms with van der Waals surface area (Å²) in [5.74, 6) is 1.65. The molecule has 1 atom stereocenters. The van der Waals surface area contributed by atoms with Crippen LogP contribution < -0.4 is 10.1 Å². The van der Waals surface area contributed by atoms with Crippen molar-refractivity contribution in [2.75, 3.05) is 13.7 Å². The van der Waals surface area contributed by atoms with Crippen LogP contribution in [0.4, 0.5) is 0 Å². The molecule has 0 radical (unpaired) electrons. The molecule has 1 N–H and O–H groups in total. The zero-order valence-corrected chi connectivity index (χ0v) is 12.2. The van der Waals surface area contributed by atoms with Crippen LogP contribution >= 0.6 is 27.5 Å². The van der Waals surface area contributed by atoms with E-state index in [-0.39, 0.29) is 5.38 Å². The fraction of sp³-hybridized carbons (Fsp3) is 0.538. The fourth-order valence-electron chi connectivity index (χ4n) is 1.85. The molecule has 1 fully saturated rings. The van der Waals surface area contributed by atoms with Crippen molar-refractivity contribution >= 4 is 27.5 Å². The Morgan fingerprint density at radius 2 is 2.29 bits per heavy atom. The van der Waals surface area contributed by atoms with Crippen molar-refractivity contribution in [3.63, 3.8) is 0 Å². The van der Waals surface area contributed by atoms with Crippen LogP contribution in [-0.2, 0) is 6.54 Å². The van der Waals surface area contributed by atoms with Crippen LogP contribution in [0.2, 0.25) is 0 Å². The molecule has 0 bridgehead atoms. The first-order valence-electron chi connectivity index (χ1n) is 5.88. The van der Waals surface area contributed by atoms with Gasteiger partial charge in [-0.1, -0.05) is 15.9 Å². The highest BCUT2D eigenvalue weighted by molar-refractivity contribution is 9.10. The Labute approximate surface area is 116 Å². The summed E-state index contributed by atoms with van der Waals surface area (Å²) in [7, 11) is 1.70. The molecule has 0 spiro atoms. The molecule has 4 heteroatoms. The maximum absolute atomic E-state index is 6.25. The number of methoxy groups -OCH3 is 1. The molecule has 1 unspecified atom stereocenters. The van der Waals surface area contributed by atoms with Gasteiger partial charge in [0.2, 0.25) is 0 Å².